The van der Waals surface area contributed by atoms with Crippen molar-refractivity contribution in [2.45, 2.75) is 75.9 Å². The summed E-state index contributed by atoms with van der Waals surface area (Å²) in [5.41, 5.74) is -1.18. The first kappa shape index (κ1) is 19.1. The van der Waals surface area contributed by atoms with Crippen LogP contribution in [0.15, 0.2) is 0 Å². The van der Waals surface area contributed by atoms with Gasteiger partial charge in [-0.25, -0.2) is 0 Å². The molecule has 1 aliphatic carbocycles. The molecule has 0 spiro atoms. The van der Waals surface area contributed by atoms with Gasteiger partial charge in [0.1, 0.15) is 0 Å². The summed E-state index contributed by atoms with van der Waals surface area (Å²) in [6.07, 6.45) is 11.7. The van der Waals surface area contributed by atoms with E-state index in [0.717, 1.165) is 57.8 Å². The number of aliphatic hydroxyl groups is 1. The maximum Gasteiger partial charge on any atom is 0.255 e. The molecule has 3 aliphatic rings. The van der Waals surface area contributed by atoms with E-state index in [1.807, 2.05) is 4.90 Å². The third-order valence-electron chi connectivity index (χ3n) is 6.59. The van der Waals surface area contributed by atoms with E-state index in [1.165, 1.54) is 32.1 Å². The van der Waals surface area contributed by atoms with E-state index in [2.05, 4.69) is 4.90 Å². The summed E-state index contributed by atoms with van der Waals surface area (Å²) in [7, 11) is 1.77. The maximum absolute atomic E-state index is 12.9. The number of hydrogen-bond donors (Lipinski definition) is 1. The number of hydrogen-bond acceptors (Lipinski definition) is 4. The van der Waals surface area contributed by atoms with Crippen molar-refractivity contribution in [1.29, 1.82) is 0 Å². The summed E-state index contributed by atoms with van der Waals surface area (Å²) in [4.78, 5) is 17.1. The Morgan fingerprint density at radius 1 is 1.08 bits per heavy atom. The number of ether oxygens (including phenoxy) is 1. The molecule has 5 heteroatoms. The number of carbonyl (C=O) groups excluding carboxylic acids is 1. The summed E-state index contributed by atoms with van der Waals surface area (Å²) >= 11 is 0. The number of β-amino-alcohol motifs (C(OH)–C–C–N with tert-alkyl or cyclic N) is 1. The molecule has 1 atom stereocenters. The molecule has 2 saturated heterocycles. The smallest absolute Gasteiger partial charge is 0.255 e. The van der Waals surface area contributed by atoms with Gasteiger partial charge in [-0.2, -0.15) is 0 Å². The van der Waals surface area contributed by atoms with Gasteiger partial charge < -0.3 is 14.7 Å². The summed E-state index contributed by atoms with van der Waals surface area (Å²) in [6, 6.07) is 0. The lowest BCUT2D eigenvalue weighted by Crippen LogP contribution is -2.59. The molecule has 0 aromatic carbocycles. The number of methoxy groups -OCH3 is 1. The maximum atomic E-state index is 12.9. The van der Waals surface area contributed by atoms with Crippen molar-refractivity contribution in [3.8, 4) is 0 Å². The number of carbonyl (C=O) groups is 1. The molecule has 3 fully saturated rings. The fourth-order valence-corrected chi connectivity index (χ4v) is 4.91. The Morgan fingerprint density at radius 2 is 1.80 bits per heavy atom. The zero-order valence-electron chi connectivity index (χ0n) is 15.9. The number of piperidine rings is 2. The molecule has 1 unspecified atom stereocenters. The van der Waals surface area contributed by atoms with Crippen molar-refractivity contribution in [3.63, 3.8) is 0 Å². The standard InChI is InChI=1S/C20H36N2O3/c1-25-18-9-13-21(14-10-18)16-20(24)11-5-12-22(19(20)23)15-8-17-6-3-2-4-7-17/h17-18,24H,2-16H2,1H3. The van der Waals surface area contributed by atoms with Crippen LogP contribution in [-0.4, -0.2) is 72.4 Å². The molecule has 144 valence electrons. The number of amides is 1. The zero-order valence-corrected chi connectivity index (χ0v) is 15.9. The predicted octanol–water partition coefficient (Wildman–Crippen LogP) is 2.42. The minimum atomic E-state index is -1.18. The van der Waals surface area contributed by atoms with Crippen LogP contribution in [0.2, 0.25) is 0 Å². The highest BCUT2D eigenvalue weighted by molar-refractivity contribution is 5.86. The summed E-state index contributed by atoms with van der Waals surface area (Å²) in [6.45, 7) is 3.96. The van der Waals surface area contributed by atoms with Gasteiger partial charge in [0.15, 0.2) is 5.60 Å². The van der Waals surface area contributed by atoms with E-state index in [1.54, 1.807) is 7.11 Å². The second kappa shape index (κ2) is 8.83. The fourth-order valence-electron chi connectivity index (χ4n) is 4.91. The summed E-state index contributed by atoms with van der Waals surface area (Å²) in [5, 5.41) is 11.1. The number of nitrogens with zero attached hydrogens (tertiary/aromatic N) is 2. The molecule has 1 saturated carbocycles. The van der Waals surface area contributed by atoms with Gasteiger partial charge in [-0.15, -0.1) is 0 Å². The highest BCUT2D eigenvalue weighted by Crippen LogP contribution is 2.29. The second-order valence-corrected chi connectivity index (χ2v) is 8.43. The average Bonchev–Trinajstić information content (AvgIpc) is 2.64. The van der Waals surface area contributed by atoms with Crippen molar-refractivity contribution in [2.75, 3.05) is 39.8 Å². The SMILES string of the molecule is COC1CCN(CC2(O)CCCN(CCC3CCCCC3)C2=O)CC1. The minimum Gasteiger partial charge on any atom is -0.381 e. The van der Waals surface area contributed by atoms with E-state index in [4.69, 9.17) is 4.74 Å². The second-order valence-electron chi connectivity index (χ2n) is 8.43. The Morgan fingerprint density at radius 3 is 2.48 bits per heavy atom. The van der Waals surface area contributed by atoms with Crippen molar-refractivity contribution < 1.29 is 14.6 Å². The van der Waals surface area contributed by atoms with Gasteiger partial charge in [-0.3, -0.25) is 9.69 Å². The lowest BCUT2D eigenvalue weighted by Gasteiger charge is -2.42. The van der Waals surface area contributed by atoms with Crippen LogP contribution in [0.3, 0.4) is 0 Å². The molecule has 5 nitrogen and oxygen atoms in total. The molecule has 3 rings (SSSR count). The molecular formula is C20H36N2O3. The van der Waals surface area contributed by atoms with Crippen LogP contribution in [0.5, 0.6) is 0 Å². The highest BCUT2D eigenvalue weighted by atomic mass is 16.5. The third-order valence-corrected chi connectivity index (χ3v) is 6.59. The Hall–Kier alpha value is -0.650. The quantitative estimate of drug-likeness (QED) is 0.798. The van der Waals surface area contributed by atoms with Gasteiger partial charge in [0.2, 0.25) is 0 Å². The van der Waals surface area contributed by atoms with Gasteiger partial charge in [0.05, 0.1) is 6.10 Å². The molecule has 1 amide bonds. The first-order valence-electron chi connectivity index (χ1n) is 10.4. The van der Waals surface area contributed by atoms with Crippen LogP contribution in [0.4, 0.5) is 0 Å². The van der Waals surface area contributed by atoms with E-state index in [9.17, 15) is 9.90 Å². The third kappa shape index (κ3) is 4.95. The molecule has 0 aromatic rings. The van der Waals surface area contributed by atoms with Crippen molar-refractivity contribution in [2.24, 2.45) is 5.92 Å². The minimum absolute atomic E-state index is 0.0246. The summed E-state index contributed by atoms with van der Waals surface area (Å²) in [5.74, 6) is 0.757. The largest absolute Gasteiger partial charge is 0.381 e. The van der Waals surface area contributed by atoms with Gasteiger partial charge in [0, 0.05) is 39.8 Å². The van der Waals surface area contributed by atoms with Crippen LogP contribution >= 0.6 is 0 Å². The lowest BCUT2D eigenvalue weighted by atomic mass is 9.86. The van der Waals surface area contributed by atoms with Crippen molar-refractivity contribution in [1.82, 2.24) is 9.80 Å². The zero-order chi connectivity index (χ0) is 17.7. The van der Waals surface area contributed by atoms with E-state index in [0.29, 0.717) is 19.1 Å². The molecular weight excluding hydrogens is 316 g/mol. The van der Waals surface area contributed by atoms with E-state index in [-0.39, 0.29) is 5.91 Å². The molecule has 0 bridgehead atoms. The van der Waals surface area contributed by atoms with Gasteiger partial charge in [0.25, 0.3) is 5.91 Å². The Labute approximate surface area is 152 Å². The average molecular weight is 353 g/mol. The topological polar surface area (TPSA) is 53.0 Å². The Balaban J connectivity index is 1.49. The lowest BCUT2D eigenvalue weighted by molar-refractivity contribution is -0.160. The van der Waals surface area contributed by atoms with E-state index >= 15 is 0 Å². The number of likely N-dealkylation sites (tertiary alicyclic amines) is 2. The van der Waals surface area contributed by atoms with Crippen molar-refractivity contribution in [3.05, 3.63) is 0 Å². The van der Waals surface area contributed by atoms with E-state index < -0.39 is 5.60 Å². The van der Waals surface area contributed by atoms with Crippen molar-refractivity contribution >= 4 is 5.91 Å². The first-order chi connectivity index (χ1) is 12.1. The van der Waals surface area contributed by atoms with Gasteiger partial charge in [-0.05, 0) is 38.0 Å². The van der Waals surface area contributed by atoms with Gasteiger partial charge in [-0.1, -0.05) is 32.1 Å². The van der Waals surface area contributed by atoms with Crippen LogP contribution < -0.4 is 0 Å². The fraction of sp³-hybridized carbons (Fsp3) is 0.950. The molecule has 0 radical (unpaired) electrons. The number of rotatable bonds is 6. The highest BCUT2D eigenvalue weighted by Gasteiger charge is 2.43. The molecule has 1 N–H and O–H groups in total. The van der Waals surface area contributed by atoms with Crippen LogP contribution in [0, 0.1) is 5.92 Å². The van der Waals surface area contributed by atoms with Crippen LogP contribution in [0.1, 0.15) is 64.2 Å². The Bertz CT molecular complexity index is 431. The normalized spacial score (nSPS) is 30.8. The Kier molecular flexibility index (Phi) is 6.75. The van der Waals surface area contributed by atoms with Crippen LogP contribution in [0.25, 0.3) is 0 Å². The van der Waals surface area contributed by atoms with Gasteiger partial charge >= 0.3 is 0 Å². The molecule has 2 aliphatic heterocycles. The monoisotopic (exact) mass is 352 g/mol. The predicted molar refractivity (Wildman–Crippen MR) is 98.4 cm³/mol. The first-order valence-corrected chi connectivity index (χ1v) is 10.4. The molecule has 25 heavy (non-hydrogen) atoms. The molecule has 2 heterocycles. The van der Waals surface area contributed by atoms with Crippen LogP contribution in [-0.2, 0) is 9.53 Å². The summed E-state index contributed by atoms with van der Waals surface area (Å²) < 4.78 is 5.42. The molecule has 0 aromatic heterocycles.